The van der Waals surface area contributed by atoms with Crippen molar-refractivity contribution in [1.29, 1.82) is 0 Å². The van der Waals surface area contributed by atoms with Gasteiger partial charge in [0.1, 0.15) is 17.0 Å². The molecule has 0 fully saturated rings. The molecule has 2 aromatic heterocycles. The van der Waals surface area contributed by atoms with Gasteiger partial charge in [0.15, 0.2) is 0 Å². The van der Waals surface area contributed by atoms with Crippen LogP contribution >= 0.6 is 11.3 Å². The number of nitro benzene ring substituents is 1. The minimum Gasteiger partial charge on any atom is -0.395 e. The van der Waals surface area contributed by atoms with E-state index in [2.05, 4.69) is 15.3 Å². The highest BCUT2D eigenvalue weighted by Gasteiger charge is 2.15. The highest BCUT2D eigenvalue weighted by Crippen LogP contribution is 2.37. The number of benzene rings is 1. The van der Waals surface area contributed by atoms with Crippen molar-refractivity contribution in [2.24, 2.45) is 0 Å². The van der Waals surface area contributed by atoms with Crippen molar-refractivity contribution in [2.75, 3.05) is 18.5 Å². The first-order valence-electron chi connectivity index (χ1n) is 6.52. The van der Waals surface area contributed by atoms with Gasteiger partial charge in [0.05, 0.1) is 16.9 Å². The fourth-order valence-corrected chi connectivity index (χ4v) is 3.10. The van der Waals surface area contributed by atoms with E-state index in [1.165, 1.54) is 29.8 Å². The fraction of sp³-hybridized carbons (Fsp3) is 0.143. The van der Waals surface area contributed by atoms with E-state index in [9.17, 15) is 10.1 Å². The molecule has 0 unspecified atom stereocenters. The van der Waals surface area contributed by atoms with E-state index in [0.717, 1.165) is 21.3 Å². The molecule has 7 nitrogen and oxygen atoms in total. The Kier molecular flexibility index (Phi) is 3.94. The number of hydrogen-bond donors (Lipinski definition) is 2. The van der Waals surface area contributed by atoms with Crippen molar-refractivity contribution in [3.8, 4) is 11.1 Å². The molecule has 22 heavy (non-hydrogen) atoms. The van der Waals surface area contributed by atoms with Crippen LogP contribution < -0.4 is 5.32 Å². The predicted octanol–water partition coefficient (Wildman–Crippen LogP) is 2.67. The number of anilines is 1. The van der Waals surface area contributed by atoms with E-state index in [4.69, 9.17) is 5.11 Å². The van der Waals surface area contributed by atoms with E-state index in [1.54, 1.807) is 6.07 Å². The first kappa shape index (κ1) is 14.4. The van der Waals surface area contributed by atoms with Gasteiger partial charge >= 0.3 is 0 Å². The van der Waals surface area contributed by atoms with E-state index < -0.39 is 4.92 Å². The Morgan fingerprint density at radius 2 is 2.23 bits per heavy atom. The summed E-state index contributed by atoms with van der Waals surface area (Å²) in [6.07, 6.45) is 1.45. The Morgan fingerprint density at radius 3 is 3.00 bits per heavy atom. The standard InChI is InChI=1S/C14H12N4O3S/c19-5-4-15-13-12-11(7-22-14(12)17-8-16-13)9-2-1-3-10(6-9)18(20)21/h1-3,6-8,19H,4-5H2,(H,15,16,17). The van der Waals surface area contributed by atoms with Gasteiger partial charge in [-0.3, -0.25) is 10.1 Å². The molecule has 2 N–H and O–H groups in total. The number of aliphatic hydroxyl groups is 1. The lowest BCUT2D eigenvalue weighted by Crippen LogP contribution is -2.07. The normalized spacial score (nSPS) is 10.8. The van der Waals surface area contributed by atoms with Crippen molar-refractivity contribution in [2.45, 2.75) is 0 Å². The maximum Gasteiger partial charge on any atom is 0.270 e. The Balaban J connectivity index is 2.14. The zero-order valence-corrected chi connectivity index (χ0v) is 12.2. The second-order valence-electron chi connectivity index (χ2n) is 4.51. The molecule has 112 valence electrons. The maximum absolute atomic E-state index is 10.9. The van der Waals surface area contributed by atoms with Crippen molar-refractivity contribution in [3.63, 3.8) is 0 Å². The van der Waals surface area contributed by atoms with Crippen LogP contribution in [0.15, 0.2) is 36.0 Å². The quantitative estimate of drug-likeness (QED) is 0.554. The number of thiophene rings is 1. The number of rotatable bonds is 5. The SMILES string of the molecule is O=[N+]([O-])c1cccc(-c2csc3ncnc(NCCO)c23)c1. The average Bonchev–Trinajstić information content (AvgIpc) is 2.97. The minimum absolute atomic E-state index is 0.0121. The van der Waals surface area contributed by atoms with Gasteiger partial charge in [-0.2, -0.15) is 0 Å². The topological polar surface area (TPSA) is 101 Å². The molecule has 0 spiro atoms. The molecular weight excluding hydrogens is 304 g/mol. The zero-order chi connectivity index (χ0) is 15.5. The van der Waals surface area contributed by atoms with Gasteiger partial charge in [0.25, 0.3) is 5.69 Å². The molecule has 0 aliphatic carbocycles. The summed E-state index contributed by atoms with van der Waals surface area (Å²) in [6, 6.07) is 6.46. The number of aliphatic hydroxyl groups excluding tert-OH is 1. The average molecular weight is 316 g/mol. The summed E-state index contributed by atoms with van der Waals surface area (Å²) >= 11 is 1.45. The lowest BCUT2D eigenvalue weighted by molar-refractivity contribution is -0.384. The number of nitrogens with zero attached hydrogens (tertiary/aromatic N) is 3. The molecule has 0 radical (unpaired) electrons. The monoisotopic (exact) mass is 316 g/mol. The predicted molar refractivity (Wildman–Crippen MR) is 85.1 cm³/mol. The summed E-state index contributed by atoms with van der Waals surface area (Å²) < 4.78 is 0. The summed E-state index contributed by atoms with van der Waals surface area (Å²) in [5, 5.41) is 25.6. The number of fused-ring (bicyclic) bond motifs is 1. The number of non-ortho nitro benzene ring substituents is 1. The highest BCUT2D eigenvalue weighted by atomic mass is 32.1. The molecule has 0 aliphatic heterocycles. The molecular formula is C14H12N4O3S. The Morgan fingerprint density at radius 1 is 1.36 bits per heavy atom. The van der Waals surface area contributed by atoms with Crippen LogP contribution in [0.1, 0.15) is 0 Å². The van der Waals surface area contributed by atoms with Crippen LogP contribution in [0.3, 0.4) is 0 Å². The number of nitro groups is 1. The van der Waals surface area contributed by atoms with E-state index >= 15 is 0 Å². The van der Waals surface area contributed by atoms with E-state index in [1.807, 2.05) is 11.4 Å². The summed E-state index contributed by atoms with van der Waals surface area (Å²) in [6.45, 7) is 0.359. The minimum atomic E-state index is -0.417. The molecule has 0 bridgehead atoms. The van der Waals surface area contributed by atoms with Crippen LogP contribution in [0.25, 0.3) is 21.3 Å². The largest absolute Gasteiger partial charge is 0.395 e. The van der Waals surface area contributed by atoms with Gasteiger partial charge in [-0.1, -0.05) is 12.1 Å². The molecule has 0 saturated carbocycles. The van der Waals surface area contributed by atoms with Crippen molar-refractivity contribution >= 4 is 33.1 Å². The van der Waals surface area contributed by atoms with Gasteiger partial charge in [-0.15, -0.1) is 11.3 Å². The molecule has 3 rings (SSSR count). The van der Waals surface area contributed by atoms with Gasteiger partial charge in [0.2, 0.25) is 0 Å². The number of hydrogen-bond acceptors (Lipinski definition) is 7. The Labute approximate surface area is 129 Å². The molecule has 0 atom stereocenters. The van der Waals surface area contributed by atoms with Crippen molar-refractivity contribution in [3.05, 3.63) is 46.1 Å². The first-order chi connectivity index (χ1) is 10.7. The van der Waals surface area contributed by atoms with Gasteiger partial charge in [-0.05, 0) is 5.56 Å². The fourth-order valence-electron chi connectivity index (χ4n) is 2.18. The van der Waals surface area contributed by atoms with Crippen LogP contribution in [-0.4, -0.2) is 33.1 Å². The van der Waals surface area contributed by atoms with Crippen molar-refractivity contribution < 1.29 is 10.0 Å². The summed E-state index contributed by atoms with van der Waals surface area (Å²) in [7, 11) is 0. The van der Waals surface area contributed by atoms with Crippen LogP contribution in [0.2, 0.25) is 0 Å². The summed E-state index contributed by atoms with van der Waals surface area (Å²) in [5.74, 6) is 0.613. The van der Waals surface area contributed by atoms with E-state index in [-0.39, 0.29) is 12.3 Å². The van der Waals surface area contributed by atoms with Crippen molar-refractivity contribution in [1.82, 2.24) is 9.97 Å². The lowest BCUT2D eigenvalue weighted by Gasteiger charge is -2.07. The second-order valence-corrected chi connectivity index (χ2v) is 5.37. The van der Waals surface area contributed by atoms with Crippen LogP contribution in [0.4, 0.5) is 11.5 Å². The third-order valence-electron chi connectivity index (χ3n) is 3.14. The Hall–Kier alpha value is -2.58. The maximum atomic E-state index is 10.9. The van der Waals surface area contributed by atoms with Crippen LogP contribution in [0.5, 0.6) is 0 Å². The Bertz CT molecular complexity index is 834. The molecule has 0 saturated heterocycles. The molecule has 1 aromatic carbocycles. The third kappa shape index (κ3) is 2.61. The summed E-state index contributed by atoms with van der Waals surface area (Å²) in [4.78, 5) is 19.7. The molecule has 8 heteroatoms. The number of aromatic nitrogens is 2. The molecule has 2 heterocycles. The van der Waals surface area contributed by atoms with Crippen LogP contribution in [-0.2, 0) is 0 Å². The second kappa shape index (κ2) is 6.04. The summed E-state index contributed by atoms with van der Waals surface area (Å²) in [5.41, 5.74) is 1.62. The van der Waals surface area contributed by atoms with Gasteiger partial charge in [-0.25, -0.2) is 9.97 Å². The molecule has 3 aromatic rings. The molecule has 0 amide bonds. The molecule has 0 aliphatic rings. The zero-order valence-electron chi connectivity index (χ0n) is 11.4. The highest BCUT2D eigenvalue weighted by molar-refractivity contribution is 7.17. The number of nitrogens with one attached hydrogen (secondary N) is 1. The van der Waals surface area contributed by atoms with Crippen LogP contribution in [0, 0.1) is 10.1 Å². The first-order valence-corrected chi connectivity index (χ1v) is 7.40. The van der Waals surface area contributed by atoms with Gasteiger partial charge in [0, 0.05) is 29.6 Å². The lowest BCUT2D eigenvalue weighted by atomic mass is 10.1. The smallest absolute Gasteiger partial charge is 0.270 e. The van der Waals surface area contributed by atoms with Gasteiger partial charge < -0.3 is 10.4 Å². The third-order valence-corrected chi connectivity index (χ3v) is 4.03. The van der Waals surface area contributed by atoms with E-state index in [0.29, 0.717) is 12.4 Å².